The first kappa shape index (κ1) is 16.3. The summed E-state index contributed by atoms with van der Waals surface area (Å²) in [5.74, 6) is 0.347. The van der Waals surface area contributed by atoms with E-state index >= 15 is 0 Å². The van der Waals surface area contributed by atoms with Gasteiger partial charge in [-0.05, 0) is 44.5 Å². The molecule has 3 heterocycles. The van der Waals surface area contributed by atoms with Gasteiger partial charge in [-0.25, -0.2) is 4.52 Å². The van der Waals surface area contributed by atoms with Gasteiger partial charge >= 0.3 is 0 Å². The number of hydrogen-bond donors (Lipinski definition) is 2. The average Bonchev–Trinajstić information content (AvgIpc) is 2.91. The van der Waals surface area contributed by atoms with Crippen LogP contribution in [-0.2, 0) is 0 Å². The summed E-state index contributed by atoms with van der Waals surface area (Å²) in [5, 5.41) is 9.54. The third-order valence-electron chi connectivity index (χ3n) is 4.50. The first-order chi connectivity index (χ1) is 10.6. The molecule has 2 aromatic heterocycles. The fourth-order valence-electron chi connectivity index (χ4n) is 3.34. The van der Waals surface area contributed by atoms with Crippen LogP contribution in [0.15, 0.2) is 23.0 Å². The number of piperidine rings is 1. The summed E-state index contributed by atoms with van der Waals surface area (Å²) in [4.78, 5) is 15.0. The molecule has 5 nitrogen and oxygen atoms in total. The molecule has 1 aliphatic rings. The van der Waals surface area contributed by atoms with Crippen molar-refractivity contribution in [3.63, 3.8) is 0 Å². The highest BCUT2D eigenvalue weighted by Gasteiger charge is 2.21. The Labute approximate surface area is 144 Å². The Morgan fingerprint density at radius 3 is 2.78 bits per heavy atom. The molecule has 0 radical (unpaired) electrons. The van der Waals surface area contributed by atoms with Gasteiger partial charge in [0.2, 0.25) is 0 Å². The lowest BCUT2D eigenvalue weighted by Crippen LogP contribution is -2.28. The van der Waals surface area contributed by atoms with Crippen molar-refractivity contribution < 1.29 is 0 Å². The lowest BCUT2D eigenvalue weighted by atomic mass is 9.94. The van der Waals surface area contributed by atoms with Crippen molar-refractivity contribution in [2.75, 3.05) is 13.1 Å². The predicted octanol–water partition coefficient (Wildman–Crippen LogP) is 3.03. The molecule has 3 aromatic rings. The number of aromatic amines is 1. The number of H-pyrrole nitrogens is 1. The van der Waals surface area contributed by atoms with Gasteiger partial charge in [0.25, 0.3) is 5.56 Å². The summed E-state index contributed by atoms with van der Waals surface area (Å²) < 4.78 is 1.88. The molecule has 1 aliphatic heterocycles. The Kier molecular flexibility index (Phi) is 4.36. The van der Waals surface area contributed by atoms with Gasteiger partial charge in [0, 0.05) is 12.0 Å². The van der Waals surface area contributed by atoms with Crippen LogP contribution >= 0.6 is 24.0 Å². The normalized spacial score (nSPS) is 15.9. The summed E-state index contributed by atoms with van der Waals surface area (Å²) in [6.45, 7) is 3.95. The van der Waals surface area contributed by atoms with Crippen LogP contribution in [0.3, 0.4) is 0 Å². The number of nitrogens with one attached hydrogen (secondary N) is 2. The summed E-state index contributed by atoms with van der Waals surface area (Å²) in [7, 11) is 0. The lowest BCUT2D eigenvalue weighted by molar-refractivity contribution is 0.446. The molecule has 0 bridgehead atoms. The van der Waals surface area contributed by atoms with Crippen LogP contribution in [0.4, 0.5) is 0 Å². The Morgan fingerprint density at radius 2 is 2.04 bits per heavy atom. The Morgan fingerprint density at radius 1 is 1.30 bits per heavy atom. The molecule has 7 heteroatoms. The highest BCUT2D eigenvalue weighted by molar-refractivity contribution is 6.36. The Bertz CT molecular complexity index is 925. The van der Waals surface area contributed by atoms with Crippen molar-refractivity contribution in [1.82, 2.24) is 19.9 Å². The SMILES string of the molecule is Cc1ccc(Cl)c2c1nn1c(C3CCNCC3)cc(=O)[nH]c21.Cl. The van der Waals surface area contributed by atoms with E-state index in [-0.39, 0.29) is 18.0 Å². The van der Waals surface area contributed by atoms with Crippen molar-refractivity contribution in [2.45, 2.75) is 25.7 Å². The summed E-state index contributed by atoms with van der Waals surface area (Å²) >= 11 is 6.35. The molecule has 0 unspecified atom stereocenters. The molecular formula is C16H18Cl2N4O. The van der Waals surface area contributed by atoms with Gasteiger partial charge in [-0.1, -0.05) is 17.7 Å². The minimum atomic E-state index is -0.0968. The van der Waals surface area contributed by atoms with E-state index in [0.29, 0.717) is 16.6 Å². The number of hydrogen-bond acceptors (Lipinski definition) is 3. The number of aryl methyl sites for hydroxylation is 1. The van der Waals surface area contributed by atoms with Crippen molar-refractivity contribution >= 4 is 40.6 Å². The molecule has 1 aromatic carbocycles. The van der Waals surface area contributed by atoms with E-state index in [1.807, 2.05) is 23.6 Å². The van der Waals surface area contributed by atoms with Crippen LogP contribution in [0.5, 0.6) is 0 Å². The van der Waals surface area contributed by atoms with Crippen molar-refractivity contribution in [2.24, 2.45) is 0 Å². The first-order valence-corrected chi connectivity index (χ1v) is 7.94. The van der Waals surface area contributed by atoms with Crippen LogP contribution in [0.2, 0.25) is 5.02 Å². The average molecular weight is 353 g/mol. The van der Waals surface area contributed by atoms with Crippen molar-refractivity contribution in [3.8, 4) is 0 Å². The molecular weight excluding hydrogens is 335 g/mol. The lowest BCUT2D eigenvalue weighted by Gasteiger charge is -2.23. The Balaban J connectivity index is 0.00000156. The van der Waals surface area contributed by atoms with Gasteiger partial charge in [-0.2, -0.15) is 5.10 Å². The molecule has 0 saturated carbocycles. The van der Waals surface area contributed by atoms with Crippen LogP contribution < -0.4 is 10.9 Å². The topological polar surface area (TPSA) is 62.2 Å². The van der Waals surface area contributed by atoms with Gasteiger partial charge in [0.1, 0.15) is 5.65 Å². The fraction of sp³-hybridized carbons (Fsp3) is 0.375. The molecule has 4 rings (SSSR count). The minimum absolute atomic E-state index is 0. The van der Waals surface area contributed by atoms with Crippen molar-refractivity contribution in [3.05, 3.63) is 44.8 Å². The number of rotatable bonds is 1. The minimum Gasteiger partial charge on any atom is -0.317 e. The molecule has 0 spiro atoms. The van der Waals surface area contributed by atoms with Gasteiger partial charge < -0.3 is 10.3 Å². The van der Waals surface area contributed by atoms with Crippen LogP contribution in [0.25, 0.3) is 16.6 Å². The second kappa shape index (κ2) is 6.15. The third kappa shape index (κ3) is 2.63. The zero-order chi connectivity index (χ0) is 15.3. The smallest absolute Gasteiger partial charge is 0.251 e. The molecule has 0 atom stereocenters. The number of halogens is 2. The van der Waals surface area contributed by atoms with E-state index in [0.717, 1.165) is 48.1 Å². The number of aromatic nitrogens is 3. The summed E-state index contributed by atoms with van der Waals surface area (Å²) in [5.41, 5.74) is 3.49. The molecule has 0 amide bonds. The molecule has 23 heavy (non-hydrogen) atoms. The van der Waals surface area contributed by atoms with Gasteiger partial charge in [-0.15, -0.1) is 12.4 Å². The number of nitrogens with zero attached hydrogens (tertiary/aromatic N) is 2. The van der Waals surface area contributed by atoms with Crippen LogP contribution in [0, 0.1) is 6.92 Å². The van der Waals surface area contributed by atoms with Gasteiger partial charge in [0.15, 0.2) is 0 Å². The maximum atomic E-state index is 12.1. The van der Waals surface area contributed by atoms with E-state index in [9.17, 15) is 4.79 Å². The van der Waals surface area contributed by atoms with Crippen LogP contribution in [-0.4, -0.2) is 27.7 Å². The van der Waals surface area contributed by atoms with Gasteiger partial charge in [-0.3, -0.25) is 4.79 Å². The largest absolute Gasteiger partial charge is 0.317 e. The number of fused-ring (bicyclic) bond motifs is 3. The summed E-state index contributed by atoms with van der Waals surface area (Å²) in [6.07, 6.45) is 2.03. The maximum absolute atomic E-state index is 12.1. The highest BCUT2D eigenvalue weighted by atomic mass is 35.5. The maximum Gasteiger partial charge on any atom is 0.251 e. The Hall–Kier alpha value is -1.56. The standard InChI is InChI=1S/C16H17ClN4O.ClH/c1-9-2-3-11(17)14-15(9)20-21-12(8-13(22)19-16(14)21)10-4-6-18-7-5-10;/h2-3,8,10,18H,4-7H2,1H3,(H,19,22);1H. The van der Waals surface area contributed by atoms with E-state index in [1.165, 1.54) is 0 Å². The third-order valence-corrected chi connectivity index (χ3v) is 4.81. The van der Waals surface area contributed by atoms with E-state index in [4.69, 9.17) is 16.7 Å². The second-order valence-electron chi connectivity index (χ2n) is 5.93. The molecule has 0 aliphatic carbocycles. The first-order valence-electron chi connectivity index (χ1n) is 7.56. The van der Waals surface area contributed by atoms with E-state index in [1.54, 1.807) is 6.07 Å². The number of benzene rings is 1. The molecule has 1 saturated heterocycles. The van der Waals surface area contributed by atoms with Gasteiger partial charge in [0.05, 0.1) is 21.6 Å². The van der Waals surface area contributed by atoms with E-state index in [2.05, 4.69) is 10.3 Å². The molecule has 122 valence electrons. The molecule has 1 fully saturated rings. The predicted molar refractivity (Wildman–Crippen MR) is 95.2 cm³/mol. The zero-order valence-corrected chi connectivity index (χ0v) is 14.3. The summed E-state index contributed by atoms with van der Waals surface area (Å²) in [6, 6.07) is 5.49. The second-order valence-corrected chi connectivity index (χ2v) is 6.34. The zero-order valence-electron chi connectivity index (χ0n) is 12.7. The van der Waals surface area contributed by atoms with E-state index < -0.39 is 0 Å². The highest BCUT2D eigenvalue weighted by Crippen LogP contribution is 2.31. The van der Waals surface area contributed by atoms with Crippen LogP contribution in [0.1, 0.15) is 30.0 Å². The van der Waals surface area contributed by atoms with Crippen molar-refractivity contribution in [1.29, 1.82) is 0 Å². The fourth-order valence-corrected chi connectivity index (χ4v) is 3.58. The molecule has 2 N–H and O–H groups in total. The quantitative estimate of drug-likeness (QED) is 0.707. The monoisotopic (exact) mass is 352 g/mol.